The van der Waals surface area contributed by atoms with E-state index in [0.29, 0.717) is 5.92 Å². The van der Waals surface area contributed by atoms with Crippen molar-refractivity contribution in [3.05, 3.63) is 47.4 Å². The van der Waals surface area contributed by atoms with Crippen molar-refractivity contribution in [2.24, 2.45) is 5.92 Å². The fraction of sp³-hybridized carbons (Fsp3) is 0.423. The highest BCUT2D eigenvalue weighted by atomic mass is 32.1. The van der Waals surface area contributed by atoms with Crippen LogP contribution < -0.4 is 0 Å². The molecule has 2 saturated heterocycles. The number of hydrogen-bond acceptors (Lipinski definition) is 6. The van der Waals surface area contributed by atoms with E-state index in [9.17, 15) is 4.79 Å². The molecule has 5 rings (SSSR count). The zero-order valence-electron chi connectivity index (χ0n) is 18.9. The van der Waals surface area contributed by atoms with E-state index in [-0.39, 0.29) is 5.91 Å². The number of hydrogen-bond donors (Lipinski definition) is 0. The Labute approximate surface area is 198 Å². The number of thiazole rings is 1. The van der Waals surface area contributed by atoms with Gasteiger partial charge in [-0.3, -0.25) is 14.7 Å². The van der Waals surface area contributed by atoms with Crippen LogP contribution in [-0.2, 0) is 16.1 Å². The maximum atomic E-state index is 11.5. The molecule has 0 unspecified atom stereocenters. The van der Waals surface area contributed by atoms with Gasteiger partial charge in [-0.15, -0.1) is 11.3 Å². The van der Waals surface area contributed by atoms with Gasteiger partial charge in [-0.05, 0) is 41.8 Å². The molecule has 6 nitrogen and oxygen atoms in total. The fourth-order valence-corrected chi connectivity index (χ4v) is 5.12. The minimum Gasteiger partial charge on any atom is -0.381 e. The number of pyridine rings is 1. The van der Waals surface area contributed by atoms with Crippen molar-refractivity contribution in [1.29, 1.82) is 0 Å². The topological polar surface area (TPSA) is 58.6 Å². The SMILES string of the molecule is CC(=O)N1CCN(Cc2cc3cc(-c4cnc(C#CC5CCOCC5)s4)ccc3cn2)CC1. The van der Waals surface area contributed by atoms with Crippen LogP contribution in [0.1, 0.15) is 30.5 Å². The average molecular weight is 461 g/mol. The monoisotopic (exact) mass is 460 g/mol. The molecule has 170 valence electrons. The molecule has 3 aromatic rings. The number of piperazine rings is 1. The highest BCUT2D eigenvalue weighted by molar-refractivity contribution is 7.15. The van der Waals surface area contributed by atoms with E-state index in [0.717, 1.165) is 85.3 Å². The lowest BCUT2D eigenvalue weighted by Gasteiger charge is -2.33. The van der Waals surface area contributed by atoms with Crippen LogP contribution >= 0.6 is 11.3 Å². The van der Waals surface area contributed by atoms with Gasteiger partial charge in [0.05, 0.1) is 10.6 Å². The molecule has 2 aromatic heterocycles. The van der Waals surface area contributed by atoms with Crippen LogP contribution in [-0.4, -0.2) is 65.1 Å². The Morgan fingerprint density at radius 1 is 1.09 bits per heavy atom. The summed E-state index contributed by atoms with van der Waals surface area (Å²) >= 11 is 1.65. The van der Waals surface area contributed by atoms with Gasteiger partial charge in [0, 0.05) is 76.6 Å². The van der Waals surface area contributed by atoms with Crippen molar-refractivity contribution in [1.82, 2.24) is 19.8 Å². The number of amides is 1. The Morgan fingerprint density at radius 2 is 1.91 bits per heavy atom. The first-order chi connectivity index (χ1) is 16.1. The number of nitrogens with zero attached hydrogens (tertiary/aromatic N) is 4. The minimum absolute atomic E-state index is 0.159. The predicted molar refractivity (Wildman–Crippen MR) is 131 cm³/mol. The number of carbonyl (C=O) groups excluding carboxylic acids is 1. The zero-order chi connectivity index (χ0) is 22.6. The van der Waals surface area contributed by atoms with Gasteiger partial charge in [0.2, 0.25) is 5.91 Å². The number of ether oxygens (including phenoxy) is 1. The van der Waals surface area contributed by atoms with Crippen molar-refractivity contribution < 1.29 is 9.53 Å². The number of benzene rings is 1. The van der Waals surface area contributed by atoms with E-state index >= 15 is 0 Å². The number of aromatic nitrogens is 2. The first-order valence-corrected chi connectivity index (χ1v) is 12.4. The molecule has 2 aliphatic heterocycles. The van der Waals surface area contributed by atoms with Crippen LogP contribution in [0.4, 0.5) is 0 Å². The number of fused-ring (bicyclic) bond motifs is 1. The number of rotatable bonds is 3. The first-order valence-electron chi connectivity index (χ1n) is 11.6. The Bertz CT molecular complexity index is 1200. The van der Waals surface area contributed by atoms with Crippen molar-refractivity contribution in [3.8, 4) is 22.3 Å². The second kappa shape index (κ2) is 10.0. The summed E-state index contributed by atoms with van der Waals surface area (Å²) in [6, 6.07) is 8.66. The predicted octanol–water partition coefficient (Wildman–Crippen LogP) is 3.80. The largest absolute Gasteiger partial charge is 0.381 e. The molecule has 1 aromatic carbocycles. The van der Waals surface area contributed by atoms with Gasteiger partial charge >= 0.3 is 0 Å². The van der Waals surface area contributed by atoms with Gasteiger partial charge in [-0.1, -0.05) is 18.1 Å². The van der Waals surface area contributed by atoms with Gasteiger partial charge < -0.3 is 9.64 Å². The minimum atomic E-state index is 0.159. The fourth-order valence-electron chi connectivity index (χ4n) is 4.35. The quantitative estimate of drug-likeness (QED) is 0.557. The lowest BCUT2D eigenvalue weighted by molar-refractivity contribution is -0.130. The molecular weight excluding hydrogens is 432 g/mol. The van der Waals surface area contributed by atoms with Crippen molar-refractivity contribution in [3.63, 3.8) is 0 Å². The summed E-state index contributed by atoms with van der Waals surface area (Å²) in [6.07, 6.45) is 5.91. The summed E-state index contributed by atoms with van der Waals surface area (Å²) in [4.78, 5) is 26.2. The Morgan fingerprint density at radius 3 is 2.70 bits per heavy atom. The van der Waals surface area contributed by atoms with Crippen LogP contribution in [0, 0.1) is 17.8 Å². The molecule has 0 spiro atoms. The molecule has 0 radical (unpaired) electrons. The van der Waals surface area contributed by atoms with Crippen molar-refractivity contribution in [2.45, 2.75) is 26.3 Å². The van der Waals surface area contributed by atoms with Gasteiger partial charge in [-0.2, -0.15) is 0 Å². The smallest absolute Gasteiger partial charge is 0.219 e. The standard InChI is InChI=1S/C26H28N4O2S/c1-19(31)30-10-8-29(9-11-30)18-24-15-23-14-21(3-4-22(23)16-27-24)25-17-28-26(33-25)5-2-20-6-12-32-13-7-20/h3-4,14-17,20H,6-13,18H2,1H3. The molecule has 0 aliphatic carbocycles. The van der Waals surface area contributed by atoms with Gasteiger partial charge in [0.1, 0.15) is 0 Å². The van der Waals surface area contributed by atoms with Crippen LogP contribution in [0.3, 0.4) is 0 Å². The van der Waals surface area contributed by atoms with Crippen molar-refractivity contribution in [2.75, 3.05) is 39.4 Å². The van der Waals surface area contributed by atoms with Crippen LogP contribution in [0.25, 0.3) is 21.2 Å². The van der Waals surface area contributed by atoms with Crippen molar-refractivity contribution >= 4 is 28.0 Å². The van der Waals surface area contributed by atoms with E-state index in [1.807, 2.05) is 17.3 Å². The third kappa shape index (κ3) is 5.41. The van der Waals surface area contributed by atoms with E-state index in [1.165, 1.54) is 5.39 Å². The van der Waals surface area contributed by atoms with Crippen LogP contribution in [0.15, 0.2) is 36.7 Å². The lowest BCUT2D eigenvalue weighted by Crippen LogP contribution is -2.47. The summed E-state index contributed by atoms with van der Waals surface area (Å²) in [5, 5.41) is 3.19. The second-order valence-corrected chi connectivity index (χ2v) is 9.74. The molecule has 4 heterocycles. The first kappa shape index (κ1) is 22.0. The number of carbonyl (C=O) groups is 1. The molecule has 2 aliphatic rings. The molecule has 2 fully saturated rings. The Kier molecular flexibility index (Phi) is 6.68. The summed E-state index contributed by atoms with van der Waals surface area (Å²) < 4.78 is 5.41. The summed E-state index contributed by atoms with van der Waals surface area (Å²) in [5.74, 6) is 7.22. The van der Waals surface area contributed by atoms with E-state index in [1.54, 1.807) is 18.3 Å². The normalized spacial score (nSPS) is 17.7. The molecule has 7 heteroatoms. The maximum absolute atomic E-state index is 11.5. The molecule has 0 N–H and O–H groups in total. The molecule has 0 saturated carbocycles. The Balaban J connectivity index is 1.29. The highest BCUT2D eigenvalue weighted by Crippen LogP contribution is 2.29. The van der Waals surface area contributed by atoms with E-state index < -0.39 is 0 Å². The molecule has 33 heavy (non-hydrogen) atoms. The van der Waals surface area contributed by atoms with Gasteiger partial charge in [0.25, 0.3) is 0 Å². The summed E-state index contributed by atoms with van der Waals surface area (Å²) in [7, 11) is 0. The van der Waals surface area contributed by atoms with E-state index in [4.69, 9.17) is 4.74 Å². The molecule has 0 atom stereocenters. The Hall–Kier alpha value is -2.79. The second-order valence-electron chi connectivity index (χ2n) is 8.71. The van der Waals surface area contributed by atoms with Crippen LogP contribution in [0.5, 0.6) is 0 Å². The third-order valence-corrected chi connectivity index (χ3v) is 7.34. The van der Waals surface area contributed by atoms with Gasteiger partial charge in [0.15, 0.2) is 5.01 Å². The highest BCUT2D eigenvalue weighted by Gasteiger charge is 2.19. The summed E-state index contributed by atoms with van der Waals surface area (Å²) in [6.45, 7) is 7.42. The summed E-state index contributed by atoms with van der Waals surface area (Å²) in [5.41, 5.74) is 2.22. The third-order valence-electron chi connectivity index (χ3n) is 6.38. The molecule has 1 amide bonds. The maximum Gasteiger partial charge on any atom is 0.219 e. The van der Waals surface area contributed by atoms with Crippen LogP contribution in [0.2, 0.25) is 0 Å². The molecular formula is C26H28N4O2S. The lowest BCUT2D eigenvalue weighted by atomic mass is 10.0. The molecule has 0 bridgehead atoms. The average Bonchev–Trinajstić information content (AvgIpc) is 3.32. The van der Waals surface area contributed by atoms with Gasteiger partial charge in [-0.25, -0.2) is 4.98 Å². The zero-order valence-corrected chi connectivity index (χ0v) is 19.7. The van der Waals surface area contributed by atoms with E-state index in [2.05, 4.69) is 51.0 Å².